The van der Waals surface area contributed by atoms with Gasteiger partial charge < -0.3 is 19.9 Å². The number of phenols is 1. The lowest BCUT2D eigenvalue weighted by molar-refractivity contribution is -0.117. The van der Waals surface area contributed by atoms with E-state index in [1.165, 1.54) is 12.1 Å². The Balaban J connectivity index is 1.60. The van der Waals surface area contributed by atoms with E-state index in [0.717, 1.165) is 0 Å². The minimum absolute atomic E-state index is 0.0171. The van der Waals surface area contributed by atoms with E-state index in [0.29, 0.717) is 33.9 Å². The van der Waals surface area contributed by atoms with Crippen LogP contribution < -0.4 is 20.2 Å². The Labute approximate surface area is 190 Å². The zero-order chi connectivity index (χ0) is 23.2. The molecule has 166 valence electrons. The molecule has 1 heterocycles. The molecule has 33 heavy (non-hydrogen) atoms. The van der Waals surface area contributed by atoms with Crippen molar-refractivity contribution in [1.82, 2.24) is 10.7 Å². The molecule has 8 heteroatoms. The van der Waals surface area contributed by atoms with Gasteiger partial charge in [-0.2, -0.15) is 5.10 Å². The zero-order valence-electron chi connectivity index (χ0n) is 17.7. The number of ether oxygens (including phenoxy) is 2. The van der Waals surface area contributed by atoms with Gasteiger partial charge in [0.25, 0.3) is 11.8 Å². The van der Waals surface area contributed by atoms with Gasteiger partial charge in [0.2, 0.25) is 6.79 Å². The fourth-order valence-electron chi connectivity index (χ4n) is 3.15. The van der Waals surface area contributed by atoms with Crippen LogP contribution in [0.5, 0.6) is 17.2 Å². The molecule has 0 saturated heterocycles. The maximum absolute atomic E-state index is 12.9. The number of hydrogen-bond acceptors (Lipinski definition) is 6. The number of carbonyl (C=O) groups is 2. The Morgan fingerprint density at radius 2 is 1.70 bits per heavy atom. The lowest BCUT2D eigenvalue weighted by Crippen LogP contribution is -2.33. The van der Waals surface area contributed by atoms with Crippen LogP contribution in [0.1, 0.15) is 28.4 Å². The summed E-state index contributed by atoms with van der Waals surface area (Å²) in [5.74, 6) is 0.119. The van der Waals surface area contributed by atoms with Crippen LogP contribution >= 0.6 is 0 Å². The summed E-state index contributed by atoms with van der Waals surface area (Å²) in [6, 6.07) is 20.4. The predicted octanol–water partition coefficient (Wildman–Crippen LogP) is 3.43. The van der Waals surface area contributed by atoms with Crippen LogP contribution in [0.4, 0.5) is 0 Å². The Hall–Kier alpha value is -4.59. The molecule has 3 aromatic rings. The van der Waals surface area contributed by atoms with Gasteiger partial charge >= 0.3 is 0 Å². The number of aromatic hydroxyl groups is 1. The number of nitrogens with one attached hydrogen (secondary N) is 2. The fraction of sp³-hybridized carbons (Fsp3) is 0.0800. The molecule has 0 bridgehead atoms. The maximum atomic E-state index is 12.9. The second kappa shape index (κ2) is 9.69. The Bertz CT molecular complexity index is 1250. The summed E-state index contributed by atoms with van der Waals surface area (Å²) in [5, 5.41) is 16.7. The first-order valence-corrected chi connectivity index (χ1v) is 10.1. The standard InChI is InChI=1S/C25H21N3O5/c1-16(19-9-5-6-10-21(19)29)27-28-25(31)20(26-24(30)18-7-3-2-4-8-18)13-17-11-12-22-23(14-17)33-15-32-22/h2-14,29H,15H2,1H3,(H,26,30)(H,28,31). The third-order valence-electron chi connectivity index (χ3n) is 4.86. The fourth-order valence-corrected chi connectivity index (χ4v) is 3.15. The third kappa shape index (κ3) is 5.19. The highest BCUT2D eigenvalue weighted by molar-refractivity contribution is 6.06. The molecule has 2 amide bonds. The normalized spacial score (nSPS) is 12.9. The number of hydrazone groups is 1. The number of carbonyl (C=O) groups excluding carboxylic acids is 2. The van der Waals surface area contributed by atoms with Crippen molar-refractivity contribution in [2.45, 2.75) is 6.92 Å². The van der Waals surface area contributed by atoms with Gasteiger partial charge in [0, 0.05) is 11.1 Å². The number of nitrogens with zero attached hydrogens (tertiary/aromatic N) is 1. The lowest BCUT2D eigenvalue weighted by Gasteiger charge is -2.10. The molecular formula is C25H21N3O5. The van der Waals surface area contributed by atoms with E-state index in [4.69, 9.17) is 9.47 Å². The van der Waals surface area contributed by atoms with E-state index in [9.17, 15) is 14.7 Å². The van der Waals surface area contributed by atoms with E-state index < -0.39 is 11.8 Å². The van der Waals surface area contributed by atoms with Gasteiger partial charge in [-0.05, 0) is 55.0 Å². The van der Waals surface area contributed by atoms with Crippen LogP contribution in [0.3, 0.4) is 0 Å². The van der Waals surface area contributed by atoms with Crippen molar-refractivity contribution in [1.29, 1.82) is 0 Å². The molecule has 0 fully saturated rings. The van der Waals surface area contributed by atoms with E-state index >= 15 is 0 Å². The van der Waals surface area contributed by atoms with Crippen molar-refractivity contribution < 1.29 is 24.2 Å². The summed E-state index contributed by atoms with van der Waals surface area (Å²) in [5.41, 5.74) is 4.32. The molecule has 0 aliphatic carbocycles. The maximum Gasteiger partial charge on any atom is 0.287 e. The molecule has 0 radical (unpaired) electrons. The highest BCUT2D eigenvalue weighted by Gasteiger charge is 2.17. The van der Waals surface area contributed by atoms with Crippen LogP contribution in [-0.2, 0) is 4.79 Å². The number of amides is 2. The molecule has 8 nitrogen and oxygen atoms in total. The molecule has 0 saturated carbocycles. The molecule has 0 atom stereocenters. The van der Waals surface area contributed by atoms with E-state index in [-0.39, 0.29) is 18.2 Å². The Morgan fingerprint density at radius 1 is 0.970 bits per heavy atom. The number of fused-ring (bicyclic) bond motifs is 1. The highest BCUT2D eigenvalue weighted by atomic mass is 16.7. The molecule has 4 rings (SSSR count). The van der Waals surface area contributed by atoms with Crippen molar-refractivity contribution in [3.05, 3.63) is 95.2 Å². The van der Waals surface area contributed by atoms with Crippen LogP contribution in [0.15, 0.2) is 83.6 Å². The largest absolute Gasteiger partial charge is 0.507 e. The average Bonchev–Trinajstić information content (AvgIpc) is 3.30. The van der Waals surface area contributed by atoms with E-state index in [1.54, 1.807) is 73.7 Å². The van der Waals surface area contributed by atoms with Crippen molar-refractivity contribution >= 4 is 23.6 Å². The molecule has 0 unspecified atom stereocenters. The first-order chi connectivity index (χ1) is 16.0. The number of phenolic OH excluding ortho intramolecular Hbond substituents is 1. The first kappa shape index (κ1) is 21.6. The molecule has 1 aliphatic rings. The van der Waals surface area contributed by atoms with Crippen molar-refractivity contribution in [2.75, 3.05) is 6.79 Å². The van der Waals surface area contributed by atoms with Crippen molar-refractivity contribution in [3.63, 3.8) is 0 Å². The van der Waals surface area contributed by atoms with Crippen molar-refractivity contribution in [3.8, 4) is 17.2 Å². The minimum Gasteiger partial charge on any atom is -0.507 e. The summed E-state index contributed by atoms with van der Waals surface area (Å²) < 4.78 is 10.7. The van der Waals surface area contributed by atoms with Crippen molar-refractivity contribution in [2.24, 2.45) is 5.10 Å². The van der Waals surface area contributed by atoms with Crippen LogP contribution in [-0.4, -0.2) is 29.4 Å². The molecule has 0 aromatic heterocycles. The summed E-state index contributed by atoms with van der Waals surface area (Å²) >= 11 is 0. The lowest BCUT2D eigenvalue weighted by atomic mass is 10.1. The number of para-hydroxylation sites is 1. The Kier molecular flexibility index (Phi) is 6.36. The van der Waals surface area contributed by atoms with Gasteiger partial charge in [-0.25, -0.2) is 5.43 Å². The topological polar surface area (TPSA) is 109 Å². The van der Waals surface area contributed by atoms with Gasteiger partial charge in [-0.1, -0.05) is 36.4 Å². The highest BCUT2D eigenvalue weighted by Crippen LogP contribution is 2.33. The number of hydrogen-bond donors (Lipinski definition) is 3. The van der Waals surface area contributed by atoms with Gasteiger partial charge in [0.1, 0.15) is 11.4 Å². The third-order valence-corrected chi connectivity index (χ3v) is 4.86. The van der Waals surface area contributed by atoms with Gasteiger partial charge in [0.05, 0.1) is 5.71 Å². The summed E-state index contributed by atoms with van der Waals surface area (Å²) in [4.78, 5) is 25.6. The zero-order valence-corrected chi connectivity index (χ0v) is 17.7. The van der Waals surface area contributed by atoms with Gasteiger partial charge in [0.15, 0.2) is 11.5 Å². The second-order valence-corrected chi connectivity index (χ2v) is 7.15. The van der Waals surface area contributed by atoms with Gasteiger partial charge in [-0.3, -0.25) is 9.59 Å². The number of rotatable bonds is 6. The average molecular weight is 443 g/mol. The smallest absolute Gasteiger partial charge is 0.287 e. The van der Waals surface area contributed by atoms with E-state index in [1.807, 2.05) is 0 Å². The monoisotopic (exact) mass is 443 g/mol. The number of benzene rings is 3. The molecule has 3 aromatic carbocycles. The summed E-state index contributed by atoms with van der Waals surface area (Å²) in [7, 11) is 0. The van der Waals surface area contributed by atoms with Crippen LogP contribution in [0.25, 0.3) is 6.08 Å². The predicted molar refractivity (Wildman–Crippen MR) is 123 cm³/mol. The summed E-state index contributed by atoms with van der Waals surface area (Å²) in [6.07, 6.45) is 1.52. The minimum atomic E-state index is -0.633. The molecule has 0 spiro atoms. The second-order valence-electron chi connectivity index (χ2n) is 7.15. The quantitative estimate of drug-likeness (QED) is 0.307. The van der Waals surface area contributed by atoms with Crippen LogP contribution in [0, 0.1) is 0 Å². The van der Waals surface area contributed by atoms with Crippen LogP contribution in [0.2, 0.25) is 0 Å². The first-order valence-electron chi connectivity index (χ1n) is 10.1. The Morgan fingerprint density at radius 3 is 2.48 bits per heavy atom. The molecule has 3 N–H and O–H groups in total. The SMILES string of the molecule is CC(=NNC(=O)C(=Cc1ccc2c(c1)OCO2)NC(=O)c1ccccc1)c1ccccc1O. The molecule has 1 aliphatic heterocycles. The van der Waals surface area contributed by atoms with Gasteiger partial charge in [-0.15, -0.1) is 0 Å². The molecular weight excluding hydrogens is 422 g/mol. The summed E-state index contributed by atoms with van der Waals surface area (Å²) in [6.45, 7) is 1.78. The van der Waals surface area contributed by atoms with E-state index in [2.05, 4.69) is 15.8 Å².